The SMILES string of the molecule is O=C(NCC#Cc1cccc(C(F)(F)F)c1)c1ccccc1. The molecular weight excluding hydrogens is 291 g/mol. The van der Waals surface area contributed by atoms with Gasteiger partial charge in [0.2, 0.25) is 0 Å². The fourth-order valence-corrected chi connectivity index (χ4v) is 1.74. The second kappa shape index (κ2) is 6.81. The van der Waals surface area contributed by atoms with Crippen molar-refractivity contribution < 1.29 is 18.0 Å². The van der Waals surface area contributed by atoms with Crippen LogP contribution in [0.5, 0.6) is 0 Å². The normalized spacial score (nSPS) is 10.5. The molecule has 0 aliphatic rings. The number of alkyl halides is 3. The standard InChI is InChI=1S/C17H12F3NO/c18-17(19,20)15-10-4-6-13(12-15)7-5-11-21-16(22)14-8-2-1-3-9-14/h1-4,6,8-10,12H,11H2,(H,21,22). The number of nitrogens with one attached hydrogen (secondary N) is 1. The lowest BCUT2D eigenvalue weighted by molar-refractivity contribution is -0.137. The van der Waals surface area contributed by atoms with E-state index in [0.717, 1.165) is 12.1 Å². The Morgan fingerprint density at radius 2 is 1.77 bits per heavy atom. The van der Waals surface area contributed by atoms with Crippen LogP contribution in [0.3, 0.4) is 0 Å². The third-order valence-electron chi connectivity index (χ3n) is 2.80. The van der Waals surface area contributed by atoms with E-state index in [-0.39, 0.29) is 18.0 Å². The minimum absolute atomic E-state index is 0.0595. The van der Waals surface area contributed by atoms with Gasteiger partial charge in [-0.3, -0.25) is 4.79 Å². The van der Waals surface area contributed by atoms with Gasteiger partial charge < -0.3 is 5.32 Å². The highest BCUT2D eigenvalue weighted by Gasteiger charge is 2.30. The van der Waals surface area contributed by atoms with Gasteiger partial charge in [-0.25, -0.2) is 0 Å². The van der Waals surface area contributed by atoms with Gasteiger partial charge in [-0.15, -0.1) is 0 Å². The lowest BCUT2D eigenvalue weighted by atomic mass is 10.1. The monoisotopic (exact) mass is 303 g/mol. The van der Waals surface area contributed by atoms with Gasteiger partial charge in [0.05, 0.1) is 12.1 Å². The summed E-state index contributed by atoms with van der Waals surface area (Å²) < 4.78 is 37.6. The summed E-state index contributed by atoms with van der Waals surface area (Å²) in [7, 11) is 0. The number of carbonyl (C=O) groups excluding carboxylic acids is 1. The molecule has 2 aromatic rings. The number of hydrogen-bond acceptors (Lipinski definition) is 1. The van der Waals surface area contributed by atoms with Crippen LogP contribution in [0.25, 0.3) is 0 Å². The van der Waals surface area contributed by atoms with E-state index in [1.54, 1.807) is 30.3 Å². The number of amides is 1. The zero-order valence-corrected chi connectivity index (χ0v) is 11.4. The molecule has 0 heterocycles. The van der Waals surface area contributed by atoms with Crippen molar-refractivity contribution in [1.29, 1.82) is 0 Å². The van der Waals surface area contributed by atoms with Crippen molar-refractivity contribution in [3.8, 4) is 11.8 Å². The summed E-state index contributed by atoms with van der Waals surface area (Å²) in [4.78, 5) is 11.7. The first-order valence-electron chi connectivity index (χ1n) is 6.46. The molecule has 1 amide bonds. The van der Waals surface area contributed by atoms with E-state index >= 15 is 0 Å². The Hall–Kier alpha value is -2.74. The number of carbonyl (C=O) groups is 1. The summed E-state index contributed by atoms with van der Waals surface area (Å²) in [5.74, 6) is 4.95. The van der Waals surface area contributed by atoms with Crippen LogP contribution in [0.15, 0.2) is 54.6 Å². The van der Waals surface area contributed by atoms with Gasteiger partial charge in [-0.1, -0.05) is 36.1 Å². The maximum Gasteiger partial charge on any atom is 0.416 e. The Balaban J connectivity index is 1.96. The van der Waals surface area contributed by atoms with Crippen molar-refractivity contribution in [2.24, 2.45) is 0 Å². The first-order chi connectivity index (χ1) is 10.5. The molecule has 0 bridgehead atoms. The number of halogens is 3. The number of hydrogen-bond donors (Lipinski definition) is 1. The maximum atomic E-state index is 12.5. The van der Waals surface area contributed by atoms with Crippen molar-refractivity contribution in [3.05, 3.63) is 71.3 Å². The predicted octanol–water partition coefficient (Wildman–Crippen LogP) is 3.49. The van der Waals surface area contributed by atoms with Crippen molar-refractivity contribution >= 4 is 5.91 Å². The van der Waals surface area contributed by atoms with Crippen molar-refractivity contribution in [2.75, 3.05) is 6.54 Å². The fourth-order valence-electron chi connectivity index (χ4n) is 1.74. The van der Waals surface area contributed by atoms with Gasteiger partial charge >= 0.3 is 6.18 Å². The summed E-state index contributed by atoms with van der Waals surface area (Å²) in [5.41, 5.74) is 0.0137. The van der Waals surface area contributed by atoms with Crippen molar-refractivity contribution in [1.82, 2.24) is 5.32 Å². The molecule has 0 spiro atoms. The Morgan fingerprint density at radius 3 is 2.45 bits per heavy atom. The summed E-state index contributed by atoms with van der Waals surface area (Å²) >= 11 is 0. The molecule has 0 saturated heterocycles. The van der Waals surface area contributed by atoms with Crippen LogP contribution in [-0.4, -0.2) is 12.5 Å². The van der Waals surface area contributed by atoms with E-state index in [2.05, 4.69) is 17.2 Å². The summed E-state index contributed by atoms with van der Waals surface area (Å²) in [6, 6.07) is 13.4. The molecule has 2 aromatic carbocycles. The molecule has 0 unspecified atom stereocenters. The minimum Gasteiger partial charge on any atom is -0.341 e. The van der Waals surface area contributed by atoms with Gasteiger partial charge in [0, 0.05) is 11.1 Å². The summed E-state index contributed by atoms with van der Waals surface area (Å²) in [6.07, 6.45) is -4.39. The van der Waals surface area contributed by atoms with Crippen LogP contribution in [0.4, 0.5) is 13.2 Å². The van der Waals surface area contributed by atoms with Crippen molar-refractivity contribution in [2.45, 2.75) is 6.18 Å². The molecule has 2 rings (SSSR count). The molecule has 1 N–H and O–H groups in total. The third kappa shape index (κ3) is 4.38. The molecule has 0 aliphatic heterocycles. The Bertz CT molecular complexity index is 712. The van der Waals surface area contributed by atoms with Crippen molar-refractivity contribution in [3.63, 3.8) is 0 Å². The third-order valence-corrected chi connectivity index (χ3v) is 2.80. The maximum absolute atomic E-state index is 12.5. The first-order valence-corrected chi connectivity index (χ1v) is 6.46. The molecule has 0 aliphatic carbocycles. The van der Waals surface area contributed by atoms with Gasteiger partial charge in [0.15, 0.2) is 0 Å². The van der Waals surface area contributed by atoms with Crippen LogP contribution in [0, 0.1) is 11.8 Å². The number of benzene rings is 2. The molecule has 112 valence electrons. The largest absolute Gasteiger partial charge is 0.416 e. The fraction of sp³-hybridized carbons (Fsp3) is 0.118. The van der Waals surface area contributed by atoms with Gasteiger partial charge in [0.1, 0.15) is 0 Å². The quantitative estimate of drug-likeness (QED) is 0.846. The lowest BCUT2D eigenvalue weighted by Gasteiger charge is -2.05. The average molecular weight is 303 g/mol. The van der Waals surface area contributed by atoms with E-state index in [1.807, 2.05) is 0 Å². The lowest BCUT2D eigenvalue weighted by Crippen LogP contribution is -2.23. The molecule has 0 atom stereocenters. The highest BCUT2D eigenvalue weighted by molar-refractivity contribution is 5.94. The topological polar surface area (TPSA) is 29.1 Å². The van der Waals surface area contributed by atoms with Crippen LogP contribution in [-0.2, 0) is 6.18 Å². The first kappa shape index (κ1) is 15.6. The highest BCUT2D eigenvalue weighted by atomic mass is 19.4. The molecule has 0 aromatic heterocycles. The van der Waals surface area contributed by atoms with E-state index in [4.69, 9.17) is 0 Å². The van der Waals surface area contributed by atoms with Crippen LogP contribution in [0.1, 0.15) is 21.5 Å². The predicted molar refractivity (Wildman–Crippen MR) is 77.1 cm³/mol. The van der Waals surface area contributed by atoms with Crippen LogP contribution < -0.4 is 5.32 Å². The second-order valence-corrected chi connectivity index (χ2v) is 4.43. The van der Waals surface area contributed by atoms with E-state index in [9.17, 15) is 18.0 Å². The Kier molecular flexibility index (Phi) is 4.84. The average Bonchev–Trinajstić information content (AvgIpc) is 2.52. The molecule has 2 nitrogen and oxygen atoms in total. The van der Waals surface area contributed by atoms with Crippen LogP contribution in [0.2, 0.25) is 0 Å². The summed E-state index contributed by atoms with van der Waals surface area (Å²) in [6.45, 7) is 0.0595. The molecule has 0 saturated carbocycles. The Morgan fingerprint density at radius 1 is 1.05 bits per heavy atom. The minimum atomic E-state index is -4.39. The van der Waals surface area contributed by atoms with Gasteiger partial charge in [-0.05, 0) is 30.3 Å². The molecule has 22 heavy (non-hydrogen) atoms. The zero-order chi connectivity index (χ0) is 16.0. The van der Waals surface area contributed by atoms with E-state index < -0.39 is 11.7 Å². The van der Waals surface area contributed by atoms with Gasteiger partial charge in [-0.2, -0.15) is 13.2 Å². The molecular formula is C17H12F3NO. The van der Waals surface area contributed by atoms with E-state index in [0.29, 0.717) is 5.56 Å². The van der Waals surface area contributed by atoms with Gasteiger partial charge in [0.25, 0.3) is 5.91 Å². The summed E-state index contributed by atoms with van der Waals surface area (Å²) in [5, 5.41) is 2.58. The zero-order valence-electron chi connectivity index (χ0n) is 11.4. The number of rotatable bonds is 2. The smallest absolute Gasteiger partial charge is 0.341 e. The van der Waals surface area contributed by atoms with Crippen LogP contribution >= 0.6 is 0 Å². The molecule has 0 radical (unpaired) electrons. The van der Waals surface area contributed by atoms with E-state index in [1.165, 1.54) is 12.1 Å². The highest BCUT2D eigenvalue weighted by Crippen LogP contribution is 2.29. The second-order valence-electron chi connectivity index (χ2n) is 4.43. The molecule has 5 heteroatoms. The molecule has 0 fully saturated rings. The Labute approximate surface area is 126 Å².